The Balaban J connectivity index is -0.00000242. The third-order valence-corrected chi connectivity index (χ3v) is 4.71. The van der Waals surface area contributed by atoms with Crippen LogP contribution in [0, 0.1) is 0 Å². The average molecular weight is 371 g/mol. The molecule has 0 radical (unpaired) electrons. The Labute approximate surface area is 172 Å². The quantitative estimate of drug-likeness (QED) is 0.208. The summed E-state index contributed by atoms with van der Waals surface area (Å²) in [4.78, 5) is 11.0. The molecule has 0 fully saturated rings. The summed E-state index contributed by atoms with van der Waals surface area (Å²) in [7, 11) is -4.47. The van der Waals surface area contributed by atoms with Crippen molar-refractivity contribution in [3.8, 4) is 0 Å². The predicted molar refractivity (Wildman–Crippen MR) is 97.1 cm³/mol. The number of hydrogen-bond acceptors (Lipinski definition) is 3. The normalized spacial score (nSPS) is 11.6. The molecule has 6 heteroatoms. The van der Waals surface area contributed by atoms with Crippen LogP contribution in [0.25, 0.3) is 0 Å². The molecule has 24 heavy (non-hydrogen) atoms. The minimum atomic E-state index is -4.47. The Kier molecular flexibility index (Phi) is 20.0. The van der Waals surface area contributed by atoms with E-state index in [1.54, 1.807) is 0 Å². The Bertz CT molecular complexity index is 425. The molecule has 0 aromatic rings. The van der Waals surface area contributed by atoms with Crippen molar-refractivity contribution in [2.24, 2.45) is 0 Å². The second-order valence-electron chi connectivity index (χ2n) is 6.18. The second-order valence-corrected chi connectivity index (χ2v) is 7.59. The maximum Gasteiger partial charge on any atom is 1.00 e. The van der Waals surface area contributed by atoms with E-state index in [0.717, 1.165) is 32.1 Å². The van der Waals surface area contributed by atoms with Crippen molar-refractivity contribution in [1.29, 1.82) is 0 Å². The summed E-state index contributed by atoms with van der Waals surface area (Å²) in [5.74, 6) is 0. The maximum atomic E-state index is 11.0. The van der Waals surface area contributed by atoms with Crippen molar-refractivity contribution >= 4 is 15.2 Å². The number of rotatable bonds is 15. The van der Waals surface area contributed by atoms with E-state index in [4.69, 9.17) is 4.55 Å². The van der Waals surface area contributed by atoms with Crippen LogP contribution < -0.4 is 29.6 Å². The van der Waals surface area contributed by atoms with Crippen LogP contribution in [-0.4, -0.2) is 18.1 Å². The molecule has 0 saturated heterocycles. The smallest absolute Gasteiger partial charge is 1.00 e. The van der Waals surface area contributed by atoms with Crippen molar-refractivity contribution in [1.82, 2.24) is 0 Å². The standard InChI is InChI=1S/C18H34O4S.Na.H/c1-2-3-4-5-6-7-8-9-10-11-12-13-14-15-16-17-18(19)23(20,21)22;;/h9-10H,2-8,11-17H2,1H3,(H,20,21,22);;/q;+1;-1/b10-9-;;. The van der Waals surface area contributed by atoms with E-state index in [-0.39, 0.29) is 37.4 Å². The van der Waals surface area contributed by atoms with Crippen molar-refractivity contribution < 1.29 is 48.7 Å². The Hall–Kier alpha value is 0.320. The van der Waals surface area contributed by atoms with Crippen molar-refractivity contribution in [3.63, 3.8) is 0 Å². The zero-order chi connectivity index (χ0) is 17.4. The van der Waals surface area contributed by atoms with Crippen LogP contribution in [0.15, 0.2) is 12.2 Å². The summed E-state index contributed by atoms with van der Waals surface area (Å²) < 4.78 is 29.5. The fourth-order valence-electron chi connectivity index (χ4n) is 2.47. The van der Waals surface area contributed by atoms with Crippen molar-refractivity contribution in [2.75, 3.05) is 0 Å². The molecule has 0 unspecified atom stereocenters. The average Bonchev–Trinajstić information content (AvgIpc) is 2.50. The number of hydrogen-bond donors (Lipinski definition) is 1. The van der Waals surface area contributed by atoms with E-state index in [9.17, 15) is 13.2 Å². The molecular weight excluding hydrogens is 335 g/mol. The van der Waals surface area contributed by atoms with Gasteiger partial charge in [-0.3, -0.25) is 9.35 Å². The second kappa shape index (κ2) is 18.1. The van der Waals surface area contributed by atoms with Crippen LogP contribution in [0.5, 0.6) is 0 Å². The largest absolute Gasteiger partial charge is 1.00 e. The number of carbonyl (C=O) groups excluding carboxylic acids is 1. The number of carbonyl (C=O) groups is 1. The topological polar surface area (TPSA) is 71.4 Å². The molecule has 0 rings (SSSR count). The van der Waals surface area contributed by atoms with Gasteiger partial charge in [0.05, 0.1) is 0 Å². The Morgan fingerprint density at radius 2 is 1.25 bits per heavy atom. The fraction of sp³-hybridized carbons (Fsp3) is 0.833. The molecule has 0 saturated carbocycles. The van der Waals surface area contributed by atoms with E-state index in [1.165, 1.54) is 44.9 Å². The molecular formula is C18H35NaO4S. The first-order valence-electron chi connectivity index (χ1n) is 9.13. The maximum absolute atomic E-state index is 11.0. The van der Waals surface area contributed by atoms with Gasteiger partial charge in [0.25, 0.3) is 5.12 Å². The molecule has 0 aliphatic heterocycles. The van der Waals surface area contributed by atoms with Gasteiger partial charge in [0.15, 0.2) is 0 Å². The minimum Gasteiger partial charge on any atom is -1.00 e. The molecule has 0 aliphatic rings. The van der Waals surface area contributed by atoms with Crippen LogP contribution in [0.4, 0.5) is 0 Å². The molecule has 0 aromatic carbocycles. The Morgan fingerprint density at radius 3 is 1.71 bits per heavy atom. The Morgan fingerprint density at radius 1 is 0.833 bits per heavy atom. The van der Waals surface area contributed by atoms with E-state index in [2.05, 4.69) is 19.1 Å². The summed E-state index contributed by atoms with van der Waals surface area (Å²) in [5.41, 5.74) is 0. The van der Waals surface area contributed by atoms with Gasteiger partial charge in [-0.05, 0) is 32.1 Å². The zero-order valence-corrected chi connectivity index (χ0v) is 18.5. The summed E-state index contributed by atoms with van der Waals surface area (Å²) in [6, 6.07) is 0. The zero-order valence-electron chi connectivity index (χ0n) is 16.6. The summed E-state index contributed by atoms with van der Waals surface area (Å²) in [6.45, 7) is 2.24. The molecule has 0 atom stereocenters. The van der Waals surface area contributed by atoms with Gasteiger partial charge in [0.1, 0.15) is 0 Å². The SMILES string of the molecule is CCCCCCCC/C=C\CCCCCCCC(=O)S(=O)(=O)O.[H-].[Na+]. The minimum absolute atomic E-state index is 0. The van der Waals surface area contributed by atoms with Gasteiger partial charge in [-0.15, -0.1) is 0 Å². The van der Waals surface area contributed by atoms with E-state index >= 15 is 0 Å². The third kappa shape index (κ3) is 18.7. The van der Waals surface area contributed by atoms with Crippen LogP contribution in [0.3, 0.4) is 0 Å². The molecule has 1 N–H and O–H groups in total. The fourth-order valence-corrected chi connectivity index (χ4v) is 2.87. The first-order valence-corrected chi connectivity index (χ1v) is 10.6. The van der Waals surface area contributed by atoms with Gasteiger partial charge in [0.2, 0.25) is 0 Å². The summed E-state index contributed by atoms with van der Waals surface area (Å²) in [5, 5.41) is -1.06. The molecule has 4 nitrogen and oxygen atoms in total. The van der Waals surface area contributed by atoms with Gasteiger partial charge >= 0.3 is 39.7 Å². The first kappa shape index (κ1) is 26.5. The summed E-state index contributed by atoms with van der Waals surface area (Å²) in [6.07, 6.45) is 19.4. The van der Waals surface area contributed by atoms with Crippen LogP contribution in [0.1, 0.15) is 98.2 Å². The van der Waals surface area contributed by atoms with Gasteiger partial charge in [-0.25, -0.2) is 0 Å². The van der Waals surface area contributed by atoms with Crippen LogP contribution in [-0.2, 0) is 14.9 Å². The molecule has 0 bridgehead atoms. The van der Waals surface area contributed by atoms with Gasteiger partial charge < -0.3 is 1.43 Å². The first-order chi connectivity index (χ1) is 11.0. The molecule has 0 aliphatic carbocycles. The van der Waals surface area contributed by atoms with Gasteiger partial charge in [-0.1, -0.05) is 70.4 Å². The molecule has 0 spiro atoms. The number of allylic oxidation sites excluding steroid dienone is 2. The van der Waals surface area contributed by atoms with E-state index in [1.807, 2.05) is 0 Å². The van der Waals surface area contributed by atoms with E-state index in [0.29, 0.717) is 6.42 Å². The van der Waals surface area contributed by atoms with Crippen molar-refractivity contribution in [3.05, 3.63) is 12.2 Å². The number of unbranched alkanes of at least 4 members (excludes halogenated alkanes) is 11. The van der Waals surface area contributed by atoms with Crippen LogP contribution in [0.2, 0.25) is 0 Å². The van der Waals surface area contributed by atoms with Gasteiger partial charge in [0, 0.05) is 6.42 Å². The monoisotopic (exact) mass is 370 g/mol. The molecule has 0 heterocycles. The summed E-state index contributed by atoms with van der Waals surface area (Å²) >= 11 is 0. The van der Waals surface area contributed by atoms with E-state index < -0.39 is 15.2 Å². The molecule has 138 valence electrons. The van der Waals surface area contributed by atoms with Gasteiger partial charge in [-0.2, -0.15) is 8.42 Å². The third-order valence-electron chi connectivity index (χ3n) is 3.93. The van der Waals surface area contributed by atoms with Crippen molar-refractivity contribution in [2.45, 2.75) is 96.8 Å². The molecule has 0 aromatic heterocycles. The predicted octanol–water partition coefficient (Wildman–Crippen LogP) is 2.55. The molecule has 0 amide bonds. The van der Waals surface area contributed by atoms with Crippen LogP contribution >= 0.6 is 0 Å².